The molecule has 148 valence electrons. The molecule has 4 heterocycles. The molecular weight excluding hydrogens is 441 g/mol. The summed E-state index contributed by atoms with van der Waals surface area (Å²) in [6.45, 7) is 0.854. The zero-order chi connectivity index (χ0) is 19.7. The first-order valence-corrected chi connectivity index (χ1v) is 9.30. The van der Waals surface area contributed by atoms with Crippen molar-refractivity contribution in [3.8, 4) is 0 Å². The first-order valence-electron chi connectivity index (χ1n) is 8.50. The van der Waals surface area contributed by atoms with E-state index in [0.717, 1.165) is 11.5 Å². The van der Waals surface area contributed by atoms with Gasteiger partial charge in [0.1, 0.15) is 16.7 Å². The van der Waals surface area contributed by atoms with Gasteiger partial charge in [-0.1, -0.05) is 0 Å². The van der Waals surface area contributed by atoms with Crippen LogP contribution in [0.25, 0.3) is 5.65 Å². The van der Waals surface area contributed by atoms with Crippen LogP contribution in [0, 0.1) is 0 Å². The summed E-state index contributed by atoms with van der Waals surface area (Å²) >= 11 is 3.36. The molecule has 3 aromatic heterocycles. The number of aromatic nitrogens is 5. The Morgan fingerprint density at radius 2 is 1.82 bits per heavy atom. The van der Waals surface area contributed by atoms with Gasteiger partial charge in [-0.25, -0.2) is 19.5 Å². The Morgan fingerprint density at radius 1 is 1.04 bits per heavy atom. The van der Waals surface area contributed by atoms with Gasteiger partial charge in [0.25, 0.3) is 0 Å². The van der Waals surface area contributed by atoms with Crippen LogP contribution in [0.3, 0.4) is 0 Å². The number of hydrogen-bond donors (Lipinski definition) is 1. The average Bonchev–Trinajstić information content (AvgIpc) is 3.15. The molecule has 0 atom stereocenters. The molecule has 0 saturated carbocycles. The molecular formula is C16H16BrF3N8. The number of halogens is 4. The lowest BCUT2D eigenvalue weighted by Crippen LogP contribution is -2.49. The number of pyridine rings is 1. The number of alkyl halides is 3. The maximum Gasteiger partial charge on any atom is 0.401 e. The number of piperazine rings is 1. The summed E-state index contributed by atoms with van der Waals surface area (Å²) in [5.74, 6) is 1.27. The van der Waals surface area contributed by atoms with Crippen molar-refractivity contribution in [2.45, 2.75) is 6.18 Å². The van der Waals surface area contributed by atoms with E-state index in [4.69, 9.17) is 0 Å². The van der Waals surface area contributed by atoms with Crippen molar-refractivity contribution in [3.05, 3.63) is 35.5 Å². The van der Waals surface area contributed by atoms with E-state index in [1.54, 1.807) is 16.9 Å². The van der Waals surface area contributed by atoms with Crippen LogP contribution in [0.15, 0.2) is 35.5 Å². The van der Waals surface area contributed by atoms with Crippen molar-refractivity contribution in [1.29, 1.82) is 0 Å². The third kappa shape index (κ3) is 4.17. The zero-order valence-corrected chi connectivity index (χ0v) is 16.2. The second-order valence-corrected chi connectivity index (χ2v) is 7.15. The molecule has 1 aliphatic rings. The lowest BCUT2D eigenvalue weighted by Gasteiger charge is -2.35. The predicted molar refractivity (Wildman–Crippen MR) is 101 cm³/mol. The van der Waals surface area contributed by atoms with E-state index < -0.39 is 12.7 Å². The zero-order valence-electron chi connectivity index (χ0n) is 14.6. The molecule has 0 radical (unpaired) electrons. The molecule has 28 heavy (non-hydrogen) atoms. The maximum absolute atomic E-state index is 12.5. The van der Waals surface area contributed by atoms with Gasteiger partial charge in [-0.2, -0.15) is 18.3 Å². The summed E-state index contributed by atoms with van der Waals surface area (Å²) in [4.78, 5) is 16.3. The summed E-state index contributed by atoms with van der Waals surface area (Å²) in [5, 5.41) is 7.26. The van der Waals surface area contributed by atoms with E-state index in [2.05, 4.69) is 41.3 Å². The molecule has 0 aromatic carbocycles. The third-order valence-electron chi connectivity index (χ3n) is 4.37. The number of nitrogens with zero attached hydrogens (tertiary/aromatic N) is 7. The van der Waals surface area contributed by atoms with Gasteiger partial charge in [-0.3, -0.25) is 4.90 Å². The number of nitrogens with one attached hydrogen (secondary N) is 1. The summed E-state index contributed by atoms with van der Waals surface area (Å²) in [5.41, 5.74) is 1.29. The van der Waals surface area contributed by atoms with Crippen molar-refractivity contribution in [3.63, 3.8) is 0 Å². The lowest BCUT2D eigenvalue weighted by molar-refractivity contribution is -0.146. The van der Waals surface area contributed by atoms with Crippen molar-refractivity contribution in [2.75, 3.05) is 42.9 Å². The molecule has 0 unspecified atom stereocenters. The molecule has 4 rings (SSSR count). The first kappa shape index (κ1) is 18.9. The normalized spacial score (nSPS) is 15.9. The molecule has 8 nitrogen and oxygen atoms in total. The highest BCUT2D eigenvalue weighted by molar-refractivity contribution is 9.10. The fraction of sp³-hybridized carbons (Fsp3) is 0.375. The molecule has 1 aliphatic heterocycles. The molecule has 1 saturated heterocycles. The minimum Gasteiger partial charge on any atom is -0.354 e. The summed E-state index contributed by atoms with van der Waals surface area (Å²) in [7, 11) is 0. The largest absolute Gasteiger partial charge is 0.401 e. The fourth-order valence-electron chi connectivity index (χ4n) is 3.05. The van der Waals surface area contributed by atoms with Gasteiger partial charge in [0.2, 0.25) is 0 Å². The standard InChI is InChI=1S/C16H16BrF3N8/c17-12-8-22-14(15-23-10-24-28(12)15)25-11-1-2-13(21-7-11)27-5-3-26(4-6-27)9-16(18,19)20/h1-2,7-8,10H,3-6,9H2,(H,22,25). The number of rotatable bonds is 4. The molecule has 0 aliphatic carbocycles. The molecule has 3 aromatic rings. The van der Waals surface area contributed by atoms with Crippen molar-refractivity contribution in [1.82, 2.24) is 29.5 Å². The van der Waals surface area contributed by atoms with E-state index in [9.17, 15) is 13.2 Å². The Kier molecular flexibility index (Phi) is 5.06. The quantitative estimate of drug-likeness (QED) is 0.646. The van der Waals surface area contributed by atoms with Crippen LogP contribution in [-0.2, 0) is 0 Å². The maximum atomic E-state index is 12.5. The highest BCUT2D eigenvalue weighted by Crippen LogP contribution is 2.23. The van der Waals surface area contributed by atoms with Gasteiger partial charge in [-0.15, -0.1) is 0 Å². The van der Waals surface area contributed by atoms with Gasteiger partial charge in [0, 0.05) is 26.2 Å². The highest BCUT2D eigenvalue weighted by atomic mass is 79.9. The van der Waals surface area contributed by atoms with Gasteiger partial charge >= 0.3 is 6.18 Å². The highest BCUT2D eigenvalue weighted by Gasteiger charge is 2.32. The molecule has 1 N–H and O–H groups in total. The van der Waals surface area contributed by atoms with Crippen LogP contribution in [0.2, 0.25) is 0 Å². The van der Waals surface area contributed by atoms with Crippen LogP contribution in [0.5, 0.6) is 0 Å². The summed E-state index contributed by atoms with van der Waals surface area (Å²) < 4.78 is 39.8. The molecule has 0 bridgehead atoms. The van der Waals surface area contributed by atoms with Crippen LogP contribution in [0.4, 0.5) is 30.5 Å². The van der Waals surface area contributed by atoms with Crippen LogP contribution in [-0.4, -0.2) is 68.4 Å². The Labute approximate surface area is 166 Å². The molecule has 0 amide bonds. The predicted octanol–water partition coefficient (Wildman–Crippen LogP) is 2.71. The van der Waals surface area contributed by atoms with Crippen LogP contribution < -0.4 is 10.2 Å². The van der Waals surface area contributed by atoms with E-state index in [0.29, 0.717) is 42.2 Å². The summed E-state index contributed by atoms with van der Waals surface area (Å²) in [6.07, 6.45) is 0.553. The second-order valence-electron chi connectivity index (χ2n) is 6.33. The van der Waals surface area contributed by atoms with E-state index in [-0.39, 0.29) is 0 Å². The molecule has 12 heteroatoms. The van der Waals surface area contributed by atoms with Crippen molar-refractivity contribution >= 4 is 38.9 Å². The van der Waals surface area contributed by atoms with Gasteiger partial charge in [-0.05, 0) is 28.1 Å². The van der Waals surface area contributed by atoms with E-state index in [1.807, 2.05) is 17.0 Å². The SMILES string of the molecule is FC(F)(F)CN1CCN(c2ccc(Nc3ncc(Br)n4ncnc34)cn2)CC1. The van der Waals surface area contributed by atoms with E-state index in [1.165, 1.54) is 11.2 Å². The van der Waals surface area contributed by atoms with Gasteiger partial charge in [0.15, 0.2) is 11.5 Å². The third-order valence-corrected chi connectivity index (χ3v) is 4.91. The van der Waals surface area contributed by atoms with Crippen LogP contribution in [0.1, 0.15) is 0 Å². The van der Waals surface area contributed by atoms with E-state index >= 15 is 0 Å². The smallest absolute Gasteiger partial charge is 0.354 e. The topological polar surface area (TPSA) is 74.5 Å². The Bertz CT molecular complexity index is 951. The molecule has 0 spiro atoms. The van der Waals surface area contributed by atoms with Crippen molar-refractivity contribution < 1.29 is 13.2 Å². The summed E-state index contributed by atoms with van der Waals surface area (Å²) in [6, 6.07) is 3.68. The minimum absolute atomic E-state index is 0.356. The minimum atomic E-state index is -4.16. The number of hydrogen-bond acceptors (Lipinski definition) is 7. The molecule has 1 fully saturated rings. The lowest BCUT2D eigenvalue weighted by atomic mass is 10.3. The second kappa shape index (κ2) is 7.51. The Balaban J connectivity index is 1.41. The van der Waals surface area contributed by atoms with Gasteiger partial charge in [0.05, 0.1) is 24.6 Å². The number of anilines is 3. The monoisotopic (exact) mass is 456 g/mol. The Hall–Kier alpha value is -2.47. The first-order chi connectivity index (χ1) is 13.4. The number of fused-ring (bicyclic) bond motifs is 1. The fourth-order valence-corrected chi connectivity index (χ4v) is 3.41. The van der Waals surface area contributed by atoms with Crippen LogP contribution >= 0.6 is 15.9 Å². The van der Waals surface area contributed by atoms with Gasteiger partial charge < -0.3 is 10.2 Å². The Morgan fingerprint density at radius 3 is 2.50 bits per heavy atom. The average molecular weight is 457 g/mol. The van der Waals surface area contributed by atoms with Crippen molar-refractivity contribution in [2.24, 2.45) is 0 Å².